The summed E-state index contributed by atoms with van der Waals surface area (Å²) in [6, 6.07) is 0. The number of ether oxygens (including phenoxy) is 2. The predicted molar refractivity (Wildman–Crippen MR) is 63.0 cm³/mol. The van der Waals surface area contributed by atoms with Gasteiger partial charge in [0.05, 0.1) is 25.1 Å². The molecule has 5 atom stereocenters. The molecule has 0 aromatic rings. The SMILES string of the molecule is CC(C)=COCC1CC2OC1C1CCCC21. The molecule has 90 valence electrons. The normalized spacial score (nSPS) is 44.5. The molecule has 0 aromatic carbocycles. The maximum atomic E-state index is 6.11. The first-order valence-corrected chi connectivity index (χ1v) is 6.66. The fraction of sp³-hybridized carbons (Fsp3) is 0.857. The molecule has 0 aromatic heterocycles. The van der Waals surface area contributed by atoms with Crippen molar-refractivity contribution in [1.82, 2.24) is 0 Å². The number of hydrogen-bond acceptors (Lipinski definition) is 2. The van der Waals surface area contributed by atoms with Gasteiger partial charge in [-0.3, -0.25) is 0 Å². The third kappa shape index (κ3) is 1.67. The summed E-state index contributed by atoms with van der Waals surface area (Å²) in [5.74, 6) is 2.41. The zero-order valence-corrected chi connectivity index (χ0v) is 10.3. The van der Waals surface area contributed by atoms with Crippen LogP contribution in [0.15, 0.2) is 11.8 Å². The average molecular weight is 222 g/mol. The maximum absolute atomic E-state index is 6.11. The zero-order chi connectivity index (χ0) is 11.1. The Kier molecular flexibility index (Phi) is 2.70. The lowest BCUT2D eigenvalue weighted by Gasteiger charge is -2.27. The molecule has 0 spiro atoms. The summed E-state index contributed by atoms with van der Waals surface area (Å²) in [6.07, 6.45) is 8.44. The van der Waals surface area contributed by atoms with Gasteiger partial charge in [0.1, 0.15) is 0 Å². The molecule has 0 amide bonds. The number of allylic oxidation sites excluding steroid dienone is 1. The third-order valence-corrected chi connectivity index (χ3v) is 4.49. The van der Waals surface area contributed by atoms with E-state index in [-0.39, 0.29) is 0 Å². The minimum absolute atomic E-state index is 0.517. The van der Waals surface area contributed by atoms with Crippen molar-refractivity contribution in [2.75, 3.05) is 6.61 Å². The number of hydrogen-bond donors (Lipinski definition) is 0. The van der Waals surface area contributed by atoms with Gasteiger partial charge in [0.2, 0.25) is 0 Å². The van der Waals surface area contributed by atoms with Crippen molar-refractivity contribution in [3.63, 3.8) is 0 Å². The van der Waals surface area contributed by atoms with Crippen LogP contribution >= 0.6 is 0 Å². The van der Waals surface area contributed by atoms with E-state index >= 15 is 0 Å². The molecule has 2 heterocycles. The fourth-order valence-electron chi connectivity index (χ4n) is 3.92. The molecule has 3 fully saturated rings. The average Bonchev–Trinajstić information content (AvgIpc) is 2.87. The molecule has 2 bridgehead atoms. The lowest BCUT2D eigenvalue weighted by Crippen LogP contribution is -2.32. The Balaban J connectivity index is 1.58. The Morgan fingerprint density at radius 1 is 1.31 bits per heavy atom. The second-order valence-electron chi connectivity index (χ2n) is 5.92. The molecule has 1 saturated carbocycles. The molecule has 2 saturated heterocycles. The van der Waals surface area contributed by atoms with Gasteiger partial charge in [-0.2, -0.15) is 0 Å². The zero-order valence-electron chi connectivity index (χ0n) is 10.3. The summed E-state index contributed by atoms with van der Waals surface area (Å²) in [6.45, 7) is 5.00. The number of fused-ring (bicyclic) bond motifs is 5. The van der Waals surface area contributed by atoms with Crippen LogP contribution < -0.4 is 0 Å². The molecule has 2 aliphatic heterocycles. The minimum atomic E-state index is 0.517. The highest BCUT2D eigenvalue weighted by Gasteiger charge is 2.55. The third-order valence-electron chi connectivity index (χ3n) is 4.49. The van der Waals surface area contributed by atoms with Crippen LogP contribution in [-0.4, -0.2) is 18.8 Å². The van der Waals surface area contributed by atoms with E-state index in [4.69, 9.17) is 9.47 Å². The first-order valence-electron chi connectivity index (χ1n) is 6.66. The summed E-state index contributed by atoms with van der Waals surface area (Å²) in [4.78, 5) is 0. The Morgan fingerprint density at radius 3 is 2.94 bits per heavy atom. The van der Waals surface area contributed by atoms with Gasteiger partial charge in [-0.15, -0.1) is 0 Å². The van der Waals surface area contributed by atoms with Crippen molar-refractivity contribution in [2.24, 2.45) is 17.8 Å². The highest BCUT2D eigenvalue weighted by molar-refractivity contribution is 5.03. The topological polar surface area (TPSA) is 18.5 Å². The van der Waals surface area contributed by atoms with Gasteiger partial charge in [-0.1, -0.05) is 6.42 Å². The second-order valence-corrected chi connectivity index (χ2v) is 5.92. The van der Waals surface area contributed by atoms with Crippen LogP contribution in [0.2, 0.25) is 0 Å². The lowest BCUT2D eigenvalue weighted by molar-refractivity contribution is 0.0539. The van der Waals surface area contributed by atoms with Crippen LogP contribution in [0.5, 0.6) is 0 Å². The summed E-state index contributed by atoms with van der Waals surface area (Å²) in [5, 5.41) is 0. The summed E-state index contributed by atoms with van der Waals surface area (Å²) < 4.78 is 11.7. The van der Waals surface area contributed by atoms with E-state index in [0.717, 1.165) is 18.4 Å². The Bertz CT molecular complexity index is 293. The van der Waals surface area contributed by atoms with Crippen molar-refractivity contribution >= 4 is 0 Å². The monoisotopic (exact) mass is 222 g/mol. The summed E-state index contributed by atoms with van der Waals surface area (Å²) in [5.41, 5.74) is 1.24. The maximum Gasteiger partial charge on any atom is 0.0927 e. The highest BCUT2D eigenvalue weighted by Crippen LogP contribution is 2.53. The Hall–Kier alpha value is -0.500. The molecule has 1 aliphatic carbocycles. The predicted octanol–water partition coefficient (Wildman–Crippen LogP) is 3.13. The molecule has 2 nitrogen and oxygen atoms in total. The molecule has 0 radical (unpaired) electrons. The highest BCUT2D eigenvalue weighted by atomic mass is 16.5. The van der Waals surface area contributed by atoms with E-state index in [0.29, 0.717) is 18.1 Å². The standard InChI is InChI=1S/C14H22O2/c1-9(2)7-15-8-10-6-13-11-4-3-5-12(11)14(10)16-13/h7,10-14H,3-6,8H2,1-2H3. The van der Waals surface area contributed by atoms with Crippen molar-refractivity contribution in [2.45, 2.75) is 51.7 Å². The van der Waals surface area contributed by atoms with Crippen molar-refractivity contribution < 1.29 is 9.47 Å². The molecule has 3 rings (SSSR count). The second kappa shape index (κ2) is 4.06. The van der Waals surface area contributed by atoms with Crippen LogP contribution in [-0.2, 0) is 9.47 Å². The van der Waals surface area contributed by atoms with Gasteiger partial charge in [-0.25, -0.2) is 0 Å². The van der Waals surface area contributed by atoms with Crippen molar-refractivity contribution in [1.29, 1.82) is 0 Å². The first kappa shape index (κ1) is 10.6. The van der Waals surface area contributed by atoms with E-state index in [2.05, 4.69) is 13.8 Å². The van der Waals surface area contributed by atoms with Gasteiger partial charge < -0.3 is 9.47 Å². The van der Waals surface area contributed by atoms with Gasteiger partial charge in [0.15, 0.2) is 0 Å². The molecular formula is C14H22O2. The molecule has 0 N–H and O–H groups in total. The molecular weight excluding hydrogens is 200 g/mol. The van der Waals surface area contributed by atoms with Gasteiger partial charge in [0.25, 0.3) is 0 Å². The summed E-state index contributed by atoms with van der Waals surface area (Å²) in [7, 11) is 0. The van der Waals surface area contributed by atoms with E-state index in [1.165, 1.54) is 31.3 Å². The van der Waals surface area contributed by atoms with E-state index in [9.17, 15) is 0 Å². The Morgan fingerprint density at radius 2 is 2.12 bits per heavy atom. The largest absolute Gasteiger partial charge is 0.501 e. The Labute approximate surface area is 98.0 Å². The van der Waals surface area contributed by atoms with Crippen molar-refractivity contribution in [3.8, 4) is 0 Å². The van der Waals surface area contributed by atoms with Gasteiger partial charge in [0, 0.05) is 5.92 Å². The molecule has 3 aliphatic rings. The lowest BCUT2D eigenvalue weighted by atomic mass is 9.76. The fourth-order valence-corrected chi connectivity index (χ4v) is 3.92. The van der Waals surface area contributed by atoms with Gasteiger partial charge in [-0.05, 0) is 50.5 Å². The molecule has 2 heteroatoms. The smallest absolute Gasteiger partial charge is 0.0927 e. The van der Waals surface area contributed by atoms with Crippen LogP contribution in [0.4, 0.5) is 0 Å². The number of rotatable bonds is 3. The van der Waals surface area contributed by atoms with Crippen LogP contribution in [0.25, 0.3) is 0 Å². The van der Waals surface area contributed by atoms with E-state index in [1.54, 1.807) is 0 Å². The molecule has 16 heavy (non-hydrogen) atoms. The van der Waals surface area contributed by atoms with E-state index < -0.39 is 0 Å². The van der Waals surface area contributed by atoms with Crippen LogP contribution in [0.3, 0.4) is 0 Å². The van der Waals surface area contributed by atoms with Gasteiger partial charge >= 0.3 is 0 Å². The van der Waals surface area contributed by atoms with Crippen LogP contribution in [0, 0.1) is 17.8 Å². The van der Waals surface area contributed by atoms with Crippen LogP contribution in [0.1, 0.15) is 39.5 Å². The van der Waals surface area contributed by atoms with E-state index in [1.807, 2.05) is 6.26 Å². The summed E-state index contributed by atoms with van der Waals surface area (Å²) >= 11 is 0. The quantitative estimate of drug-likeness (QED) is 0.683. The molecule has 5 unspecified atom stereocenters. The minimum Gasteiger partial charge on any atom is -0.501 e. The first-order chi connectivity index (χ1) is 7.75. The van der Waals surface area contributed by atoms with Crippen molar-refractivity contribution in [3.05, 3.63) is 11.8 Å².